The second-order valence-corrected chi connectivity index (χ2v) is 6.97. The molecule has 0 aliphatic heterocycles. The molecule has 1 aromatic carbocycles. The third-order valence-electron chi connectivity index (χ3n) is 3.65. The number of benzene rings is 1. The number of halogens is 2. The molecular weight excluding hydrogens is 265 g/mol. The van der Waals surface area contributed by atoms with Crippen LogP contribution in [-0.4, -0.2) is 6.04 Å². The van der Waals surface area contributed by atoms with E-state index in [0.717, 1.165) is 18.4 Å². The van der Waals surface area contributed by atoms with Crippen LogP contribution in [0.3, 0.4) is 0 Å². The van der Waals surface area contributed by atoms with Gasteiger partial charge in [-0.25, -0.2) is 0 Å². The summed E-state index contributed by atoms with van der Waals surface area (Å²) >= 11 is 12.2. The van der Waals surface area contributed by atoms with E-state index in [4.69, 9.17) is 28.9 Å². The smallest absolute Gasteiger partial charge is 0.0624 e. The van der Waals surface area contributed by atoms with Crippen molar-refractivity contribution in [2.75, 3.05) is 0 Å². The lowest BCUT2D eigenvalue weighted by Gasteiger charge is -2.29. The van der Waals surface area contributed by atoms with Crippen molar-refractivity contribution < 1.29 is 0 Å². The van der Waals surface area contributed by atoms with Crippen molar-refractivity contribution in [3.63, 3.8) is 0 Å². The van der Waals surface area contributed by atoms with E-state index in [1.807, 2.05) is 12.1 Å². The lowest BCUT2D eigenvalue weighted by molar-refractivity contribution is 0.233. The molecule has 102 valence electrons. The van der Waals surface area contributed by atoms with Crippen LogP contribution < -0.4 is 5.73 Å². The lowest BCUT2D eigenvalue weighted by atomic mass is 9.78. The van der Waals surface area contributed by atoms with Gasteiger partial charge in [0.15, 0.2) is 0 Å². The van der Waals surface area contributed by atoms with E-state index in [2.05, 4.69) is 27.7 Å². The summed E-state index contributed by atoms with van der Waals surface area (Å²) in [5.74, 6) is 0.574. The summed E-state index contributed by atoms with van der Waals surface area (Å²) in [6.07, 6.45) is 1.77. The minimum atomic E-state index is 0.121. The van der Waals surface area contributed by atoms with Crippen LogP contribution in [0.1, 0.15) is 39.7 Å². The van der Waals surface area contributed by atoms with Gasteiger partial charge in [0.25, 0.3) is 0 Å². The first-order valence-electron chi connectivity index (χ1n) is 6.40. The molecule has 18 heavy (non-hydrogen) atoms. The molecule has 0 aliphatic rings. The van der Waals surface area contributed by atoms with Crippen molar-refractivity contribution in [1.82, 2.24) is 0 Å². The average Bonchev–Trinajstić information content (AvgIpc) is 2.23. The van der Waals surface area contributed by atoms with Crippen molar-refractivity contribution in [2.24, 2.45) is 17.1 Å². The molecule has 2 N–H and O–H groups in total. The molecule has 2 atom stereocenters. The van der Waals surface area contributed by atoms with Crippen LogP contribution in [0.15, 0.2) is 18.2 Å². The number of nitrogens with two attached hydrogens (primary N) is 1. The molecular formula is C15H23Cl2N. The normalized spacial score (nSPS) is 15.5. The third-order valence-corrected chi connectivity index (χ3v) is 4.51. The fraction of sp³-hybridized carbons (Fsp3) is 0.600. The molecule has 0 saturated heterocycles. The Morgan fingerprint density at radius 3 is 2.39 bits per heavy atom. The maximum Gasteiger partial charge on any atom is 0.0624 e. The van der Waals surface area contributed by atoms with Crippen molar-refractivity contribution in [3.8, 4) is 0 Å². The Balaban J connectivity index is 2.65. The Hall–Kier alpha value is -0.240. The van der Waals surface area contributed by atoms with Gasteiger partial charge < -0.3 is 5.73 Å². The van der Waals surface area contributed by atoms with Crippen LogP contribution in [-0.2, 0) is 6.42 Å². The summed E-state index contributed by atoms with van der Waals surface area (Å²) in [6, 6.07) is 5.84. The maximum absolute atomic E-state index is 6.22. The molecule has 0 fully saturated rings. The maximum atomic E-state index is 6.22. The number of hydrogen-bond donors (Lipinski definition) is 1. The summed E-state index contributed by atoms with van der Waals surface area (Å²) in [5, 5.41) is 1.24. The van der Waals surface area contributed by atoms with Gasteiger partial charge in [-0.3, -0.25) is 0 Å². The van der Waals surface area contributed by atoms with Crippen molar-refractivity contribution in [2.45, 2.75) is 46.6 Å². The highest BCUT2D eigenvalue weighted by molar-refractivity contribution is 6.42. The molecule has 2 unspecified atom stereocenters. The minimum absolute atomic E-state index is 0.121. The quantitative estimate of drug-likeness (QED) is 0.834. The number of hydrogen-bond acceptors (Lipinski definition) is 1. The molecule has 1 nitrogen and oxygen atoms in total. The van der Waals surface area contributed by atoms with Gasteiger partial charge in [0.1, 0.15) is 0 Å². The number of rotatable bonds is 4. The molecule has 0 aliphatic carbocycles. The topological polar surface area (TPSA) is 26.0 Å². The van der Waals surface area contributed by atoms with Gasteiger partial charge in [0, 0.05) is 6.04 Å². The van der Waals surface area contributed by atoms with E-state index in [1.54, 1.807) is 6.07 Å². The summed E-state index contributed by atoms with van der Waals surface area (Å²) in [5.41, 5.74) is 7.55. The molecule has 0 heterocycles. The van der Waals surface area contributed by atoms with Gasteiger partial charge in [-0.2, -0.15) is 0 Å². The molecule has 0 amide bonds. The van der Waals surface area contributed by atoms with Crippen LogP contribution in [0.25, 0.3) is 0 Å². The van der Waals surface area contributed by atoms with Gasteiger partial charge >= 0.3 is 0 Å². The Kier molecular flexibility index (Phi) is 5.51. The minimum Gasteiger partial charge on any atom is -0.327 e. The average molecular weight is 288 g/mol. The van der Waals surface area contributed by atoms with Crippen molar-refractivity contribution in [3.05, 3.63) is 33.8 Å². The van der Waals surface area contributed by atoms with Crippen LogP contribution in [0, 0.1) is 11.3 Å². The predicted octanol–water partition coefficient (Wildman–Crippen LogP) is 4.94. The summed E-state index contributed by atoms with van der Waals surface area (Å²) in [7, 11) is 0. The SMILES string of the molecule is CC(CC(N)Cc1cccc(Cl)c1Cl)C(C)(C)C. The monoisotopic (exact) mass is 287 g/mol. The van der Waals surface area contributed by atoms with E-state index in [1.165, 1.54) is 0 Å². The van der Waals surface area contributed by atoms with Gasteiger partial charge in [-0.05, 0) is 35.8 Å². The van der Waals surface area contributed by atoms with E-state index in [9.17, 15) is 0 Å². The van der Waals surface area contributed by atoms with Gasteiger partial charge in [-0.1, -0.05) is 63.0 Å². The molecule has 1 rings (SSSR count). The van der Waals surface area contributed by atoms with Gasteiger partial charge in [0.2, 0.25) is 0 Å². The fourth-order valence-corrected chi connectivity index (χ4v) is 2.28. The molecule has 0 aromatic heterocycles. The first kappa shape index (κ1) is 15.8. The zero-order valence-electron chi connectivity index (χ0n) is 11.6. The Labute approximate surface area is 121 Å². The zero-order valence-corrected chi connectivity index (χ0v) is 13.1. The van der Waals surface area contributed by atoms with E-state index >= 15 is 0 Å². The molecule has 0 saturated carbocycles. The summed E-state index contributed by atoms with van der Waals surface area (Å²) < 4.78 is 0. The second-order valence-electron chi connectivity index (χ2n) is 6.18. The Morgan fingerprint density at radius 1 is 1.22 bits per heavy atom. The van der Waals surface area contributed by atoms with E-state index in [-0.39, 0.29) is 11.5 Å². The summed E-state index contributed by atoms with van der Waals surface area (Å²) in [4.78, 5) is 0. The van der Waals surface area contributed by atoms with Crippen LogP contribution in [0.5, 0.6) is 0 Å². The highest BCUT2D eigenvalue weighted by Gasteiger charge is 2.22. The van der Waals surface area contributed by atoms with Gasteiger partial charge in [0.05, 0.1) is 10.0 Å². The van der Waals surface area contributed by atoms with Crippen LogP contribution >= 0.6 is 23.2 Å². The van der Waals surface area contributed by atoms with E-state index in [0.29, 0.717) is 16.0 Å². The van der Waals surface area contributed by atoms with Crippen LogP contribution in [0.2, 0.25) is 10.0 Å². The Bertz CT molecular complexity index is 396. The molecule has 1 aromatic rings. The van der Waals surface area contributed by atoms with Crippen molar-refractivity contribution >= 4 is 23.2 Å². The molecule has 0 bridgehead atoms. The first-order valence-corrected chi connectivity index (χ1v) is 7.16. The van der Waals surface area contributed by atoms with Crippen molar-refractivity contribution in [1.29, 1.82) is 0 Å². The van der Waals surface area contributed by atoms with Crippen LogP contribution in [0.4, 0.5) is 0 Å². The largest absolute Gasteiger partial charge is 0.327 e. The van der Waals surface area contributed by atoms with E-state index < -0.39 is 0 Å². The summed E-state index contributed by atoms with van der Waals surface area (Å²) in [6.45, 7) is 8.99. The standard InChI is InChI=1S/C15H23Cl2N/c1-10(15(2,3)4)8-12(18)9-11-6-5-7-13(16)14(11)17/h5-7,10,12H,8-9,18H2,1-4H3. The highest BCUT2D eigenvalue weighted by atomic mass is 35.5. The molecule has 3 heteroatoms. The third kappa shape index (κ3) is 4.46. The lowest BCUT2D eigenvalue weighted by Crippen LogP contribution is -2.30. The molecule has 0 spiro atoms. The fourth-order valence-electron chi connectivity index (χ4n) is 1.88. The first-order chi connectivity index (χ1) is 8.21. The second kappa shape index (κ2) is 6.27. The molecule has 0 radical (unpaired) electrons. The predicted molar refractivity (Wildman–Crippen MR) is 81.4 cm³/mol. The highest BCUT2D eigenvalue weighted by Crippen LogP contribution is 2.31. The zero-order chi connectivity index (χ0) is 13.9. The van der Waals surface area contributed by atoms with Gasteiger partial charge in [-0.15, -0.1) is 0 Å². The Morgan fingerprint density at radius 2 is 1.83 bits per heavy atom.